The Balaban J connectivity index is 1.48. The molecular weight excluding hydrogens is 252 g/mol. The topological polar surface area (TPSA) is 54.2 Å². The molecule has 1 aromatic heterocycles. The van der Waals surface area contributed by atoms with Gasteiger partial charge < -0.3 is 14.7 Å². The highest BCUT2D eigenvalue weighted by Crippen LogP contribution is 2.41. The number of hydrogen-bond acceptors (Lipinski definition) is 5. The largest absolute Gasteiger partial charge is 0.339 e. The van der Waals surface area contributed by atoms with Crippen LogP contribution in [0.25, 0.3) is 0 Å². The Labute approximate surface area is 120 Å². The Morgan fingerprint density at radius 3 is 2.55 bits per heavy atom. The minimum absolute atomic E-state index is 0.389. The van der Waals surface area contributed by atoms with Crippen molar-refractivity contribution in [3.05, 3.63) is 11.7 Å². The summed E-state index contributed by atoms with van der Waals surface area (Å²) in [5.41, 5.74) is 0. The third-order valence-corrected chi connectivity index (χ3v) is 5.83. The van der Waals surface area contributed by atoms with Gasteiger partial charge in [0.1, 0.15) is 0 Å². The van der Waals surface area contributed by atoms with E-state index in [1.54, 1.807) is 0 Å². The zero-order valence-electron chi connectivity index (χ0n) is 12.4. The van der Waals surface area contributed by atoms with E-state index in [1.165, 1.54) is 25.7 Å². The van der Waals surface area contributed by atoms with E-state index in [0.29, 0.717) is 17.8 Å². The van der Waals surface area contributed by atoms with Gasteiger partial charge in [0, 0.05) is 23.9 Å². The summed E-state index contributed by atoms with van der Waals surface area (Å²) in [4.78, 5) is 7.29. The van der Waals surface area contributed by atoms with Crippen LogP contribution in [-0.2, 0) is 0 Å². The molecule has 3 aliphatic rings. The molecule has 3 atom stereocenters. The number of nitrogens with zero attached hydrogens (tertiary/aromatic N) is 3. The second kappa shape index (κ2) is 4.81. The maximum Gasteiger partial charge on any atom is 0.229 e. The number of hydrogen-bond donors (Lipinski definition) is 1. The monoisotopic (exact) mass is 276 g/mol. The van der Waals surface area contributed by atoms with E-state index < -0.39 is 0 Å². The van der Waals surface area contributed by atoms with Crippen molar-refractivity contribution in [1.29, 1.82) is 0 Å². The Bertz CT molecular complexity index is 470. The smallest absolute Gasteiger partial charge is 0.229 e. The summed E-state index contributed by atoms with van der Waals surface area (Å²) in [6.07, 6.45) is 5.08. The molecule has 4 rings (SSSR count). The zero-order chi connectivity index (χ0) is 13.7. The molecule has 1 aromatic rings. The molecule has 0 amide bonds. The third kappa shape index (κ3) is 1.99. The van der Waals surface area contributed by atoms with Crippen LogP contribution < -0.4 is 5.32 Å². The van der Waals surface area contributed by atoms with E-state index in [1.807, 2.05) is 0 Å². The van der Waals surface area contributed by atoms with Crippen LogP contribution in [0, 0.1) is 5.92 Å². The zero-order valence-corrected chi connectivity index (χ0v) is 12.4. The molecule has 0 saturated carbocycles. The summed E-state index contributed by atoms with van der Waals surface area (Å²) in [6.45, 7) is 4.37. The number of aromatic nitrogens is 2. The fourth-order valence-corrected chi connectivity index (χ4v) is 4.09. The molecule has 1 N–H and O–H groups in total. The Morgan fingerprint density at radius 2 is 1.95 bits per heavy atom. The Kier molecular flexibility index (Phi) is 3.07. The van der Waals surface area contributed by atoms with Gasteiger partial charge in [0.2, 0.25) is 5.89 Å². The molecule has 3 saturated heterocycles. The maximum atomic E-state index is 5.55. The van der Waals surface area contributed by atoms with Crippen LogP contribution in [0.2, 0.25) is 0 Å². The summed E-state index contributed by atoms with van der Waals surface area (Å²) in [6, 6.07) is 1.46. The molecule has 4 heterocycles. The van der Waals surface area contributed by atoms with E-state index >= 15 is 0 Å². The highest BCUT2D eigenvalue weighted by Gasteiger charge is 2.40. The lowest BCUT2D eigenvalue weighted by molar-refractivity contribution is 0.157. The predicted molar refractivity (Wildman–Crippen MR) is 75.6 cm³/mol. The van der Waals surface area contributed by atoms with Gasteiger partial charge in [0.05, 0.1) is 0 Å². The van der Waals surface area contributed by atoms with Crippen LogP contribution in [0.1, 0.15) is 56.2 Å². The maximum absolute atomic E-state index is 5.55. The first-order valence-electron chi connectivity index (χ1n) is 7.98. The normalized spacial score (nSPS) is 36.0. The molecule has 5 nitrogen and oxygen atoms in total. The predicted octanol–water partition coefficient (Wildman–Crippen LogP) is 1.73. The SMILES string of the molecule is CC(c1nc(C2CC3CCC(C2)N3C)no1)C1CNC1. The van der Waals surface area contributed by atoms with Crippen molar-refractivity contribution in [2.75, 3.05) is 20.1 Å². The van der Waals surface area contributed by atoms with Crippen molar-refractivity contribution in [1.82, 2.24) is 20.4 Å². The molecule has 20 heavy (non-hydrogen) atoms. The van der Waals surface area contributed by atoms with Crippen molar-refractivity contribution in [3.8, 4) is 0 Å². The van der Waals surface area contributed by atoms with Gasteiger partial charge in [0.15, 0.2) is 5.82 Å². The van der Waals surface area contributed by atoms with Crippen molar-refractivity contribution < 1.29 is 4.52 Å². The highest BCUT2D eigenvalue weighted by molar-refractivity contribution is 5.07. The van der Waals surface area contributed by atoms with E-state index in [2.05, 4.69) is 29.3 Å². The number of fused-ring (bicyclic) bond motifs is 2. The van der Waals surface area contributed by atoms with E-state index in [9.17, 15) is 0 Å². The van der Waals surface area contributed by atoms with Crippen LogP contribution in [0.3, 0.4) is 0 Å². The van der Waals surface area contributed by atoms with Crippen LogP contribution >= 0.6 is 0 Å². The van der Waals surface area contributed by atoms with E-state index in [0.717, 1.165) is 36.9 Å². The first-order valence-corrected chi connectivity index (χ1v) is 7.98. The van der Waals surface area contributed by atoms with Crippen molar-refractivity contribution in [2.24, 2.45) is 5.92 Å². The molecule has 2 bridgehead atoms. The minimum Gasteiger partial charge on any atom is -0.339 e. The fraction of sp³-hybridized carbons (Fsp3) is 0.867. The van der Waals surface area contributed by atoms with E-state index in [-0.39, 0.29) is 0 Å². The second-order valence-corrected chi connectivity index (χ2v) is 6.92. The van der Waals surface area contributed by atoms with Gasteiger partial charge in [-0.3, -0.25) is 0 Å². The van der Waals surface area contributed by atoms with Gasteiger partial charge in [-0.05, 0) is 51.7 Å². The van der Waals surface area contributed by atoms with Gasteiger partial charge in [-0.1, -0.05) is 12.1 Å². The summed E-state index contributed by atoms with van der Waals surface area (Å²) < 4.78 is 5.55. The molecule has 3 aliphatic heterocycles. The third-order valence-electron chi connectivity index (χ3n) is 5.83. The Morgan fingerprint density at radius 1 is 1.25 bits per heavy atom. The number of rotatable bonds is 3. The summed E-state index contributed by atoms with van der Waals surface area (Å²) in [7, 11) is 2.27. The van der Waals surface area contributed by atoms with Gasteiger partial charge in [-0.25, -0.2) is 0 Å². The molecule has 0 spiro atoms. The van der Waals surface area contributed by atoms with Crippen LogP contribution in [-0.4, -0.2) is 47.3 Å². The lowest BCUT2D eigenvalue weighted by Crippen LogP contribution is -2.44. The van der Waals surface area contributed by atoms with Gasteiger partial charge in [-0.15, -0.1) is 0 Å². The van der Waals surface area contributed by atoms with Gasteiger partial charge >= 0.3 is 0 Å². The van der Waals surface area contributed by atoms with Crippen molar-refractivity contribution in [3.63, 3.8) is 0 Å². The minimum atomic E-state index is 0.389. The molecular formula is C15H24N4O. The van der Waals surface area contributed by atoms with Gasteiger partial charge in [0.25, 0.3) is 0 Å². The standard InChI is InChI=1S/C15H24N4O/c1-9(11-7-16-8-11)15-17-14(18-20-15)10-5-12-3-4-13(6-10)19(12)2/h9-13,16H,3-8H2,1-2H3. The first-order chi connectivity index (χ1) is 9.72. The molecule has 0 aromatic carbocycles. The lowest BCUT2D eigenvalue weighted by Gasteiger charge is -2.35. The van der Waals surface area contributed by atoms with Crippen LogP contribution in [0.5, 0.6) is 0 Å². The molecule has 0 aliphatic carbocycles. The second-order valence-electron chi connectivity index (χ2n) is 6.92. The van der Waals surface area contributed by atoms with E-state index in [4.69, 9.17) is 9.51 Å². The average Bonchev–Trinajstić information content (AvgIpc) is 2.91. The highest BCUT2D eigenvalue weighted by atomic mass is 16.5. The number of piperidine rings is 1. The molecule has 5 heteroatoms. The molecule has 3 fully saturated rings. The van der Waals surface area contributed by atoms with Crippen molar-refractivity contribution in [2.45, 2.75) is 56.5 Å². The molecule has 3 unspecified atom stereocenters. The summed E-state index contributed by atoms with van der Waals surface area (Å²) >= 11 is 0. The van der Waals surface area contributed by atoms with Crippen LogP contribution in [0.4, 0.5) is 0 Å². The quantitative estimate of drug-likeness (QED) is 0.911. The fourth-order valence-electron chi connectivity index (χ4n) is 4.09. The summed E-state index contributed by atoms with van der Waals surface area (Å²) in [5.74, 6) is 3.37. The Hall–Kier alpha value is -0.940. The lowest BCUT2D eigenvalue weighted by atomic mass is 9.88. The van der Waals surface area contributed by atoms with Gasteiger partial charge in [-0.2, -0.15) is 4.98 Å². The summed E-state index contributed by atoms with van der Waals surface area (Å²) in [5, 5.41) is 7.61. The van der Waals surface area contributed by atoms with Crippen molar-refractivity contribution >= 4 is 0 Å². The molecule has 110 valence electrons. The molecule has 0 radical (unpaired) electrons. The number of nitrogens with one attached hydrogen (secondary N) is 1. The first kappa shape index (κ1) is 12.8. The average molecular weight is 276 g/mol. The van der Waals surface area contributed by atoms with Crippen LogP contribution in [0.15, 0.2) is 4.52 Å².